The molecule has 0 atom stereocenters. The van der Waals surface area contributed by atoms with Crippen molar-refractivity contribution in [3.8, 4) is 0 Å². The molecular formula is C15H14ClN3O2. The molecule has 0 aromatic heterocycles. The van der Waals surface area contributed by atoms with Crippen LogP contribution in [0.1, 0.15) is 21.5 Å². The maximum absolute atomic E-state index is 12.0. The van der Waals surface area contributed by atoms with Crippen LogP contribution in [0, 0.1) is 0 Å². The van der Waals surface area contributed by atoms with Crippen LogP contribution in [-0.4, -0.2) is 17.0 Å². The highest BCUT2D eigenvalue weighted by molar-refractivity contribution is 6.33. The Morgan fingerprint density at radius 2 is 1.86 bits per heavy atom. The third-order valence-electron chi connectivity index (χ3n) is 2.93. The van der Waals surface area contributed by atoms with Crippen molar-refractivity contribution >= 4 is 23.3 Å². The summed E-state index contributed by atoms with van der Waals surface area (Å²) >= 11 is 5.96. The number of carbonyl (C=O) groups is 1. The molecular weight excluding hydrogens is 290 g/mol. The van der Waals surface area contributed by atoms with Gasteiger partial charge in [0.1, 0.15) is 0 Å². The van der Waals surface area contributed by atoms with E-state index < -0.39 is 0 Å². The second-order valence-electron chi connectivity index (χ2n) is 4.34. The van der Waals surface area contributed by atoms with E-state index >= 15 is 0 Å². The van der Waals surface area contributed by atoms with Gasteiger partial charge in [-0.1, -0.05) is 53.2 Å². The molecule has 2 aromatic rings. The number of halogens is 1. The van der Waals surface area contributed by atoms with Crippen LogP contribution in [0.15, 0.2) is 53.7 Å². The largest absolute Gasteiger partial charge is 0.409 e. The first kappa shape index (κ1) is 14.9. The fourth-order valence-electron chi connectivity index (χ4n) is 1.77. The number of nitrogens with two attached hydrogens (primary N) is 1. The van der Waals surface area contributed by atoms with E-state index in [0.717, 1.165) is 5.56 Å². The van der Waals surface area contributed by atoms with E-state index in [1.54, 1.807) is 48.5 Å². The van der Waals surface area contributed by atoms with Crippen LogP contribution >= 0.6 is 11.6 Å². The van der Waals surface area contributed by atoms with Crippen molar-refractivity contribution < 1.29 is 10.0 Å². The summed E-state index contributed by atoms with van der Waals surface area (Å²) in [6, 6.07) is 13.9. The van der Waals surface area contributed by atoms with Crippen LogP contribution in [-0.2, 0) is 6.54 Å². The van der Waals surface area contributed by atoms with Crippen molar-refractivity contribution in [2.45, 2.75) is 6.54 Å². The van der Waals surface area contributed by atoms with Crippen molar-refractivity contribution in [2.75, 3.05) is 0 Å². The monoisotopic (exact) mass is 303 g/mol. The van der Waals surface area contributed by atoms with Gasteiger partial charge >= 0.3 is 0 Å². The van der Waals surface area contributed by atoms with E-state index in [0.29, 0.717) is 22.7 Å². The molecule has 2 rings (SSSR count). The predicted octanol–water partition coefficient (Wildman–Crippen LogP) is 2.36. The molecule has 0 spiro atoms. The first-order valence-corrected chi connectivity index (χ1v) is 6.59. The number of carbonyl (C=O) groups excluding carboxylic acids is 1. The quantitative estimate of drug-likeness (QED) is 0.351. The first-order valence-electron chi connectivity index (χ1n) is 6.21. The molecule has 0 radical (unpaired) electrons. The SMILES string of the molecule is NC(=NO)c1ccc(CNC(=O)c2ccccc2Cl)cc1. The summed E-state index contributed by atoms with van der Waals surface area (Å²) in [5.41, 5.74) is 7.42. The molecule has 21 heavy (non-hydrogen) atoms. The Balaban J connectivity index is 2.00. The maximum atomic E-state index is 12.0. The molecule has 2 aromatic carbocycles. The summed E-state index contributed by atoms with van der Waals surface area (Å²) < 4.78 is 0. The smallest absolute Gasteiger partial charge is 0.253 e. The molecule has 6 heteroatoms. The van der Waals surface area contributed by atoms with E-state index in [1.807, 2.05) is 0 Å². The van der Waals surface area contributed by atoms with Crippen molar-refractivity contribution in [1.82, 2.24) is 5.32 Å². The topological polar surface area (TPSA) is 87.7 Å². The molecule has 0 heterocycles. The highest BCUT2D eigenvalue weighted by Crippen LogP contribution is 2.14. The van der Waals surface area contributed by atoms with Crippen LogP contribution in [0.4, 0.5) is 0 Å². The summed E-state index contributed by atoms with van der Waals surface area (Å²) in [5.74, 6) is -0.192. The molecule has 0 bridgehead atoms. The molecule has 0 saturated heterocycles. The van der Waals surface area contributed by atoms with E-state index in [2.05, 4.69) is 10.5 Å². The zero-order valence-electron chi connectivity index (χ0n) is 11.1. The fraction of sp³-hybridized carbons (Fsp3) is 0.0667. The fourth-order valence-corrected chi connectivity index (χ4v) is 2.00. The summed E-state index contributed by atoms with van der Waals surface area (Å²) in [6.07, 6.45) is 0. The second-order valence-corrected chi connectivity index (χ2v) is 4.75. The Kier molecular flexibility index (Phi) is 4.79. The number of hydrogen-bond acceptors (Lipinski definition) is 3. The average Bonchev–Trinajstić information content (AvgIpc) is 2.52. The Labute approximate surface area is 127 Å². The number of nitrogens with one attached hydrogen (secondary N) is 1. The standard InChI is InChI=1S/C15H14ClN3O2/c16-13-4-2-1-3-12(13)15(20)18-9-10-5-7-11(8-6-10)14(17)19-21/h1-8,21H,9H2,(H2,17,19)(H,18,20). The second kappa shape index (κ2) is 6.76. The van der Waals surface area contributed by atoms with E-state index in [9.17, 15) is 4.79 Å². The number of benzene rings is 2. The van der Waals surface area contributed by atoms with Crippen LogP contribution in [0.2, 0.25) is 5.02 Å². The van der Waals surface area contributed by atoms with Crippen LogP contribution in [0.25, 0.3) is 0 Å². The molecule has 108 valence electrons. The average molecular weight is 304 g/mol. The third kappa shape index (κ3) is 3.73. The Bertz CT molecular complexity index is 669. The molecule has 0 aliphatic rings. The predicted molar refractivity (Wildman–Crippen MR) is 81.6 cm³/mol. The van der Waals surface area contributed by atoms with Crippen molar-refractivity contribution in [1.29, 1.82) is 0 Å². The van der Waals surface area contributed by atoms with Gasteiger partial charge in [-0.3, -0.25) is 4.79 Å². The van der Waals surface area contributed by atoms with Gasteiger partial charge in [0.2, 0.25) is 0 Å². The minimum absolute atomic E-state index is 0.0432. The molecule has 0 aliphatic carbocycles. The Morgan fingerprint density at radius 3 is 2.48 bits per heavy atom. The van der Waals surface area contributed by atoms with Gasteiger partial charge < -0.3 is 16.3 Å². The Morgan fingerprint density at radius 1 is 1.19 bits per heavy atom. The molecule has 1 amide bonds. The van der Waals surface area contributed by atoms with Gasteiger partial charge in [-0.15, -0.1) is 0 Å². The molecule has 5 nitrogen and oxygen atoms in total. The lowest BCUT2D eigenvalue weighted by molar-refractivity contribution is 0.0951. The molecule has 0 unspecified atom stereocenters. The highest BCUT2D eigenvalue weighted by Gasteiger charge is 2.08. The number of hydrogen-bond donors (Lipinski definition) is 3. The van der Waals surface area contributed by atoms with Crippen LogP contribution < -0.4 is 11.1 Å². The van der Waals surface area contributed by atoms with Gasteiger partial charge in [0.25, 0.3) is 5.91 Å². The molecule has 0 fully saturated rings. The van der Waals surface area contributed by atoms with Crippen LogP contribution in [0.5, 0.6) is 0 Å². The third-order valence-corrected chi connectivity index (χ3v) is 3.26. The van der Waals surface area contributed by atoms with Gasteiger partial charge in [-0.2, -0.15) is 0 Å². The van der Waals surface area contributed by atoms with Gasteiger partial charge in [-0.25, -0.2) is 0 Å². The van der Waals surface area contributed by atoms with Crippen molar-refractivity contribution in [2.24, 2.45) is 10.9 Å². The number of amidine groups is 1. The normalized spacial score (nSPS) is 11.2. The number of oxime groups is 1. The van der Waals surface area contributed by atoms with Gasteiger partial charge in [0.15, 0.2) is 5.84 Å². The minimum Gasteiger partial charge on any atom is -0.409 e. The maximum Gasteiger partial charge on any atom is 0.253 e. The minimum atomic E-state index is -0.235. The van der Waals surface area contributed by atoms with E-state index in [4.69, 9.17) is 22.5 Å². The number of rotatable bonds is 4. The van der Waals surface area contributed by atoms with Gasteiger partial charge in [0.05, 0.1) is 10.6 Å². The summed E-state index contributed by atoms with van der Waals surface area (Å²) in [5, 5.41) is 14.7. The number of amides is 1. The van der Waals surface area contributed by atoms with E-state index in [-0.39, 0.29) is 11.7 Å². The van der Waals surface area contributed by atoms with Gasteiger partial charge in [-0.05, 0) is 17.7 Å². The lowest BCUT2D eigenvalue weighted by Crippen LogP contribution is -2.23. The van der Waals surface area contributed by atoms with Crippen molar-refractivity contribution in [3.63, 3.8) is 0 Å². The number of nitrogens with zero attached hydrogens (tertiary/aromatic N) is 1. The summed E-state index contributed by atoms with van der Waals surface area (Å²) in [6.45, 7) is 0.362. The molecule has 4 N–H and O–H groups in total. The zero-order chi connectivity index (χ0) is 15.2. The lowest BCUT2D eigenvalue weighted by atomic mass is 10.1. The summed E-state index contributed by atoms with van der Waals surface area (Å²) in [7, 11) is 0. The molecule has 0 aliphatic heterocycles. The molecule has 0 saturated carbocycles. The zero-order valence-corrected chi connectivity index (χ0v) is 11.8. The van der Waals surface area contributed by atoms with E-state index in [1.165, 1.54) is 0 Å². The summed E-state index contributed by atoms with van der Waals surface area (Å²) in [4.78, 5) is 12.0. The first-order chi connectivity index (χ1) is 10.1. The highest BCUT2D eigenvalue weighted by atomic mass is 35.5. The lowest BCUT2D eigenvalue weighted by Gasteiger charge is -2.07. The van der Waals surface area contributed by atoms with Crippen molar-refractivity contribution in [3.05, 3.63) is 70.2 Å². The van der Waals surface area contributed by atoms with Gasteiger partial charge in [0, 0.05) is 12.1 Å². The van der Waals surface area contributed by atoms with Crippen LogP contribution in [0.3, 0.4) is 0 Å². The Hall–Kier alpha value is -2.53.